The van der Waals surface area contributed by atoms with Crippen molar-refractivity contribution in [1.29, 1.82) is 0 Å². The summed E-state index contributed by atoms with van der Waals surface area (Å²) in [6.45, 7) is 0. The maximum atomic E-state index is 12.2. The summed E-state index contributed by atoms with van der Waals surface area (Å²) in [5.74, 6) is -4.66. The molecule has 0 spiro atoms. The number of carboxylic acid groups (broad SMARTS) is 2. The molecule has 0 radical (unpaired) electrons. The minimum atomic E-state index is -1.50. The number of carbonyl (C=O) groups is 5. The summed E-state index contributed by atoms with van der Waals surface area (Å²) in [5.41, 5.74) is 10.6. The van der Waals surface area contributed by atoms with Crippen molar-refractivity contribution in [2.75, 3.05) is 12.0 Å². The van der Waals surface area contributed by atoms with Crippen LogP contribution in [0.25, 0.3) is 0 Å². The number of hydrogen-bond donors (Lipinski definition) is 6. The van der Waals surface area contributed by atoms with Crippen LogP contribution in [0.2, 0.25) is 0 Å². The van der Waals surface area contributed by atoms with Crippen molar-refractivity contribution in [3.63, 3.8) is 0 Å². The van der Waals surface area contributed by atoms with E-state index in [9.17, 15) is 24.0 Å². The zero-order valence-electron chi connectivity index (χ0n) is 14.3. The highest BCUT2D eigenvalue weighted by molar-refractivity contribution is 7.98. The third kappa shape index (κ3) is 9.84. The first kappa shape index (κ1) is 23.7. The van der Waals surface area contributed by atoms with Crippen molar-refractivity contribution < 1.29 is 34.2 Å². The van der Waals surface area contributed by atoms with E-state index in [1.165, 1.54) is 11.8 Å². The van der Waals surface area contributed by atoms with Gasteiger partial charge in [0.15, 0.2) is 0 Å². The monoisotopic (exact) mass is 392 g/mol. The van der Waals surface area contributed by atoms with Crippen molar-refractivity contribution in [1.82, 2.24) is 10.6 Å². The molecule has 148 valence electrons. The SMILES string of the molecule is CSCCC(N)C(=O)NC(CC(=O)O)C(=O)NC(CCC(N)=O)C(=O)O. The molecule has 3 amide bonds. The van der Waals surface area contributed by atoms with E-state index in [-0.39, 0.29) is 12.8 Å². The molecule has 11 nitrogen and oxygen atoms in total. The lowest BCUT2D eigenvalue weighted by Gasteiger charge is -2.21. The van der Waals surface area contributed by atoms with Gasteiger partial charge >= 0.3 is 11.9 Å². The molecule has 0 saturated heterocycles. The smallest absolute Gasteiger partial charge is 0.326 e. The zero-order chi connectivity index (χ0) is 20.3. The molecular formula is C14H24N4O7S. The molecule has 8 N–H and O–H groups in total. The van der Waals surface area contributed by atoms with Gasteiger partial charge in [-0.1, -0.05) is 0 Å². The van der Waals surface area contributed by atoms with Gasteiger partial charge in [0.25, 0.3) is 0 Å². The Bertz CT molecular complexity index is 543. The van der Waals surface area contributed by atoms with Crippen molar-refractivity contribution in [3.8, 4) is 0 Å². The van der Waals surface area contributed by atoms with Crippen LogP contribution >= 0.6 is 11.8 Å². The molecule has 26 heavy (non-hydrogen) atoms. The number of carboxylic acids is 2. The lowest BCUT2D eigenvalue weighted by atomic mass is 10.1. The van der Waals surface area contributed by atoms with Crippen molar-refractivity contribution in [3.05, 3.63) is 0 Å². The fourth-order valence-corrected chi connectivity index (χ4v) is 2.34. The third-order valence-corrected chi connectivity index (χ3v) is 3.92. The molecule has 0 aliphatic rings. The van der Waals surface area contributed by atoms with Gasteiger partial charge in [0.1, 0.15) is 12.1 Å². The van der Waals surface area contributed by atoms with Gasteiger partial charge in [-0.3, -0.25) is 19.2 Å². The van der Waals surface area contributed by atoms with Crippen LogP contribution in [0.4, 0.5) is 0 Å². The number of rotatable bonds is 13. The summed E-state index contributed by atoms with van der Waals surface area (Å²) in [6.07, 6.45) is 0.841. The van der Waals surface area contributed by atoms with E-state index in [0.29, 0.717) is 12.2 Å². The van der Waals surface area contributed by atoms with Crippen LogP contribution in [0, 0.1) is 0 Å². The van der Waals surface area contributed by atoms with E-state index in [4.69, 9.17) is 21.7 Å². The lowest BCUT2D eigenvalue weighted by Crippen LogP contribution is -2.55. The Hall–Kier alpha value is -2.34. The van der Waals surface area contributed by atoms with E-state index in [0.717, 1.165) is 0 Å². The normalized spacial score (nSPS) is 13.9. The van der Waals surface area contributed by atoms with Gasteiger partial charge in [-0.2, -0.15) is 11.8 Å². The van der Waals surface area contributed by atoms with Gasteiger partial charge in [0.05, 0.1) is 12.5 Å². The molecular weight excluding hydrogens is 368 g/mol. The predicted molar refractivity (Wildman–Crippen MR) is 93.2 cm³/mol. The summed E-state index contributed by atoms with van der Waals surface area (Å²) < 4.78 is 0. The Morgan fingerprint density at radius 3 is 2.04 bits per heavy atom. The largest absolute Gasteiger partial charge is 0.481 e. The van der Waals surface area contributed by atoms with E-state index in [1.54, 1.807) is 0 Å². The third-order valence-electron chi connectivity index (χ3n) is 3.28. The molecule has 0 saturated carbocycles. The van der Waals surface area contributed by atoms with E-state index in [1.807, 2.05) is 6.26 Å². The van der Waals surface area contributed by atoms with Crippen LogP contribution in [0.5, 0.6) is 0 Å². The lowest BCUT2D eigenvalue weighted by molar-refractivity contribution is -0.143. The van der Waals surface area contributed by atoms with Gasteiger partial charge in [0.2, 0.25) is 17.7 Å². The molecule has 12 heteroatoms. The van der Waals surface area contributed by atoms with Crippen LogP contribution in [-0.4, -0.2) is 70.0 Å². The molecule has 0 rings (SSSR count). The van der Waals surface area contributed by atoms with Crippen molar-refractivity contribution in [2.24, 2.45) is 11.5 Å². The predicted octanol–water partition coefficient (Wildman–Crippen LogP) is -2.14. The number of nitrogens with two attached hydrogens (primary N) is 2. The molecule has 0 bridgehead atoms. The van der Waals surface area contributed by atoms with Crippen LogP contribution in [0.1, 0.15) is 25.7 Å². The van der Waals surface area contributed by atoms with E-state index in [2.05, 4.69) is 10.6 Å². The Balaban J connectivity index is 5.00. The minimum Gasteiger partial charge on any atom is -0.481 e. The molecule has 3 unspecified atom stereocenters. The summed E-state index contributed by atoms with van der Waals surface area (Å²) >= 11 is 1.47. The maximum absolute atomic E-state index is 12.2. The van der Waals surface area contributed by atoms with Gasteiger partial charge in [-0.05, 0) is 24.9 Å². The van der Waals surface area contributed by atoms with Crippen molar-refractivity contribution >= 4 is 41.4 Å². The van der Waals surface area contributed by atoms with Gasteiger partial charge in [-0.15, -0.1) is 0 Å². The first-order chi connectivity index (χ1) is 12.1. The number of hydrogen-bond acceptors (Lipinski definition) is 7. The standard InChI is InChI=1S/C14H24N4O7S/c1-26-5-4-7(15)12(22)18-9(6-11(20)21)13(23)17-8(14(24)25)2-3-10(16)19/h7-9H,2-6,15H2,1H3,(H2,16,19)(H,17,23)(H,18,22)(H,20,21)(H,24,25). The highest BCUT2D eigenvalue weighted by Gasteiger charge is 2.29. The minimum absolute atomic E-state index is 0.266. The summed E-state index contributed by atoms with van der Waals surface area (Å²) in [6, 6.07) is -3.89. The Morgan fingerprint density at radius 1 is 1.00 bits per heavy atom. The van der Waals surface area contributed by atoms with Crippen LogP contribution in [-0.2, 0) is 24.0 Å². The Morgan fingerprint density at radius 2 is 1.58 bits per heavy atom. The average Bonchev–Trinajstić information content (AvgIpc) is 2.54. The summed E-state index contributed by atoms with van der Waals surface area (Å²) in [7, 11) is 0. The number of thioether (sulfide) groups is 1. The topological polar surface area (TPSA) is 202 Å². The molecule has 0 aromatic rings. The zero-order valence-corrected chi connectivity index (χ0v) is 15.1. The fraction of sp³-hybridized carbons (Fsp3) is 0.643. The number of nitrogens with one attached hydrogen (secondary N) is 2. The molecule has 0 aromatic heterocycles. The quantitative estimate of drug-likeness (QED) is 0.202. The number of carbonyl (C=O) groups excluding carboxylic acids is 3. The van der Waals surface area contributed by atoms with Crippen molar-refractivity contribution in [2.45, 2.75) is 43.8 Å². The first-order valence-corrected chi connectivity index (χ1v) is 9.06. The summed E-state index contributed by atoms with van der Waals surface area (Å²) in [4.78, 5) is 57.0. The second kappa shape index (κ2) is 12.1. The number of primary amides is 1. The fourth-order valence-electron chi connectivity index (χ4n) is 1.85. The van der Waals surface area contributed by atoms with Gasteiger partial charge in [0, 0.05) is 6.42 Å². The Kier molecular flexibility index (Phi) is 11.0. The Labute approximate surface area is 154 Å². The second-order valence-corrected chi connectivity index (χ2v) is 6.44. The second-order valence-electron chi connectivity index (χ2n) is 5.45. The number of amides is 3. The number of aliphatic carboxylic acids is 2. The molecule has 0 aliphatic carbocycles. The average molecular weight is 392 g/mol. The highest BCUT2D eigenvalue weighted by Crippen LogP contribution is 2.03. The maximum Gasteiger partial charge on any atom is 0.326 e. The molecule has 0 heterocycles. The first-order valence-electron chi connectivity index (χ1n) is 7.66. The summed E-state index contributed by atoms with van der Waals surface area (Å²) in [5, 5.41) is 22.3. The van der Waals surface area contributed by atoms with E-state index < -0.39 is 54.2 Å². The molecule has 0 fully saturated rings. The van der Waals surface area contributed by atoms with E-state index >= 15 is 0 Å². The van der Waals surface area contributed by atoms with Crippen LogP contribution in [0.15, 0.2) is 0 Å². The molecule has 0 aromatic carbocycles. The van der Waals surface area contributed by atoms with Crippen LogP contribution in [0.3, 0.4) is 0 Å². The van der Waals surface area contributed by atoms with Crippen LogP contribution < -0.4 is 22.1 Å². The van der Waals surface area contributed by atoms with Gasteiger partial charge < -0.3 is 32.3 Å². The molecule has 0 aliphatic heterocycles. The van der Waals surface area contributed by atoms with Gasteiger partial charge in [-0.25, -0.2) is 4.79 Å². The molecule has 3 atom stereocenters. The highest BCUT2D eigenvalue weighted by atomic mass is 32.2.